The van der Waals surface area contributed by atoms with Gasteiger partial charge in [0.25, 0.3) is 0 Å². The van der Waals surface area contributed by atoms with Crippen LogP contribution in [0.2, 0.25) is 0 Å². The minimum absolute atomic E-state index is 0.258. The van der Waals surface area contributed by atoms with Crippen molar-refractivity contribution in [1.82, 2.24) is 15.0 Å². The summed E-state index contributed by atoms with van der Waals surface area (Å²) in [6, 6.07) is 2.74. The second kappa shape index (κ2) is 4.64. The molecule has 0 radical (unpaired) electrons. The van der Waals surface area contributed by atoms with Gasteiger partial charge in [-0.3, -0.25) is 10.1 Å². The van der Waals surface area contributed by atoms with E-state index in [0.717, 1.165) is 13.0 Å². The predicted octanol–water partition coefficient (Wildman–Crippen LogP) is 1.59. The largest absolute Gasteiger partial charge is 0.434 e. The van der Waals surface area contributed by atoms with E-state index in [1.54, 1.807) is 6.20 Å². The van der Waals surface area contributed by atoms with Crippen molar-refractivity contribution in [2.75, 3.05) is 11.9 Å². The monoisotopic (exact) mass is 237 g/mol. The van der Waals surface area contributed by atoms with E-state index in [9.17, 15) is 10.1 Å². The summed E-state index contributed by atoms with van der Waals surface area (Å²) in [6.07, 6.45) is 2.58. The number of furan rings is 1. The van der Waals surface area contributed by atoms with Crippen molar-refractivity contribution >= 4 is 11.7 Å². The maximum Gasteiger partial charge on any atom is 0.434 e. The van der Waals surface area contributed by atoms with Crippen LogP contribution < -0.4 is 5.32 Å². The highest BCUT2D eigenvalue weighted by Gasteiger charge is 2.14. The van der Waals surface area contributed by atoms with Crippen molar-refractivity contribution in [2.45, 2.75) is 13.3 Å². The molecule has 0 unspecified atom stereocenters. The lowest BCUT2D eigenvalue weighted by molar-refractivity contribution is -0.402. The highest BCUT2D eigenvalue weighted by atomic mass is 16.6. The lowest BCUT2D eigenvalue weighted by Gasteiger charge is -1.96. The van der Waals surface area contributed by atoms with Crippen LogP contribution in [0.15, 0.2) is 22.7 Å². The lowest BCUT2D eigenvalue weighted by atomic mass is 10.5. The first kappa shape index (κ1) is 11.1. The number of nitrogens with zero attached hydrogens (tertiary/aromatic N) is 4. The van der Waals surface area contributed by atoms with E-state index in [-0.39, 0.29) is 11.8 Å². The molecule has 0 aliphatic heterocycles. The molecule has 0 saturated carbocycles. The molecule has 0 fully saturated rings. The smallest absolute Gasteiger partial charge is 0.382 e. The number of hydrogen-bond acceptors (Lipinski definition) is 6. The quantitative estimate of drug-likeness (QED) is 0.626. The third kappa shape index (κ3) is 2.41. The van der Waals surface area contributed by atoms with E-state index in [1.807, 2.05) is 6.92 Å². The van der Waals surface area contributed by atoms with E-state index in [4.69, 9.17) is 4.42 Å². The predicted molar refractivity (Wildman–Crippen MR) is 59.1 cm³/mol. The van der Waals surface area contributed by atoms with Gasteiger partial charge in [-0.1, -0.05) is 12.1 Å². The molecular formula is C9H11N5O3. The van der Waals surface area contributed by atoms with Gasteiger partial charge in [0.2, 0.25) is 5.88 Å². The normalized spacial score (nSPS) is 10.4. The van der Waals surface area contributed by atoms with Gasteiger partial charge in [0.1, 0.15) is 4.92 Å². The zero-order valence-electron chi connectivity index (χ0n) is 9.16. The van der Waals surface area contributed by atoms with Crippen LogP contribution in [-0.2, 0) is 0 Å². The van der Waals surface area contributed by atoms with Gasteiger partial charge in [-0.25, -0.2) is 0 Å². The Hall–Kier alpha value is -2.38. The molecule has 8 heteroatoms. The fourth-order valence-corrected chi connectivity index (χ4v) is 1.24. The topological polar surface area (TPSA) is 99.0 Å². The fourth-order valence-electron chi connectivity index (χ4n) is 1.24. The van der Waals surface area contributed by atoms with Gasteiger partial charge in [0.15, 0.2) is 5.82 Å². The number of aromatic nitrogens is 3. The molecule has 2 aromatic heterocycles. The lowest BCUT2D eigenvalue weighted by Crippen LogP contribution is -1.99. The summed E-state index contributed by atoms with van der Waals surface area (Å²) in [5.41, 5.74) is 0. The van der Waals surface area contributed by atoms with Crippen LogP contribution in [0.25, 0.3) is 5.88 Å². The third-order valence-electron chi connectivity index (χ3n) is 2.03. The van der Waals surface area contributed by atoms with Crippen LogP contribution in [0.1, 0.15) is 13.3 Å². The average molecular weight is 237 g/mol. The second-order valence-corrected chi connectivity index (χ2v) is 3.34. The minimum atomic E-state index is -0.601. The zero-order chi connectivity index (χ0) is 12.3. The van der Waals surface area contributed by atoms with Gasteiger partial charge >= 0.3 is 5.88 Å². The number of nitrogens with one attached hydrogen (secondary N) is 1. The van der Waals surface area contributed by atoms with E-state index < -0.39 is 4.92 Å². The van der Waals surface area contributed by atoms with Gasteiger partial charge in [-0.2, -0.15) is 4.68 Å². The molecule has 0 aliphatic carbocycles. The summed E-state index contributed by atoms with van der Waals surface area (Å²) in [5, 5.41) is 21.1. The Balaban J connectivity index is 2.15. The Morgan fingerprint density at radius 2 is 2.41 bits per heavy atom. The summed E-state index contributed by atoms with van der Waals surface area (Å²) in [5.74, 6) is 0.540. The Morgan fingerprint density at radius 3 is 3.06 bits per heavy atom. The summed E-state index contributed by atoms with van der Waals surface area (Å²) >= 11 is 0. The van der Waals surface area contributed by atoms with Crippen LogP contribution in [0, 0.1) is 10.1 Å². The standard InChI is InChI=1S/C9H11N5O3/c1-2-5-10-7-6-13(12-11-7)8-3-4-9(17-8)14(15)16/h3-4,6,10H,2,5H2,1H3. The van der Waals surface area contributed by atoms with E-state index in [0.29, 0.717) is 5.82 Å². The van der Waals surface area contributed by atoms with Crippen molar-refractivity contribution in [1.29, 1.82) is 0 Å². The van der Waals surface area contributed by atoms with Crippen molar-refractivity contribution in [3.8, 4) is 5.88 Å². The molecule has 1 N–H and O–H groups in total. The van der Waals surface area contributed by atoms with Gasteiger partial charge in [0, 0.05) is 12.6 Å². The van der Waals surface area contributed by atoms with Crippen molar-refractivity contribution in [3.63, 3.8) is 0 Å². The summed E-state index contributed by atoms with van der Waals surface area (Å²) in [6.45, 7) is 2.82. The van der Waals surface area contributed by atoms with Crippen LogP contribution in [0.4, 0.5) is 11.7 Å². The zero-order valence-corrected chi connectivity index (χ0v) is 9.16. The van der Waals surface area contributed by atoms with Gasteiger partial charge in [0.05, 0.1) is 12.3 Å². The number of rotatable bonds is 5. The van der Waals surface area contributed by atoms with E-state index in [1.165, 1.54) is 16.8 Å². The van der Waals surface area contributed by atoms with Crippen LogP contribution in [0.5, 0.6) is 0 Å². The second-order valence-electron chi connectivity index (χ2n) is 3.34. The van der Waals surface area contributed by atoms with Crippen LogP contribution in [-0.4, -0.2) is 26.5 Å². The highest BCUT2D eigenvalue weighted by molar-refractivity contribution is 5.34. The first-order chi connectivity index (χ1) is 8.20. The molecule has 8 nitrogen and oxygen atoms in total. The molecule has 0 spiro atoms. The Bertz CT molecular complexity index is 518. The Labute approximate surface area is 96.4 Å². The molecule has 0 aromatic carbocycles. The summed E-state index contributed by atoms with van der Waals surface area (Å²) < 4.78 is 6.32. The molecule has 17 heavy (non-hydrogen) atoms. The first-order valence-corrected chi connectivity index (χ1v) is 5.11. The van der Waals surface area contributed by atoms with Crippen molar-refractivity contribution in [3.05, 3.63) is 28.4 Å². The average Bonchev–Trinajstić information content (AvgIpc) is 2.94. The fraction of sp³-hybridized carbons (Fsp3) is 0.333. The van der Waals surface area contributed by atoms with E-state index in [2.05, 4.69) is 15.6 Å². The van der Waals surface area contributed by atoms with E-state index >= 15 is 0 Å². The Kier molecular flexibility index (Phi) is 3.03. The number of hydrogen-bond donors (Lipinski definition) is 1. The van der Waals surface area contributed by atoms with Crippen LogP contribution >= 0.6 is 0 Å². The molecule has 0 atom stereocenters. The molecule has 90 valence electrons. The Morgan fingerprint density at radius 1 is 1.59 bits per heavy atom. The van der Waals surface area contributed by atoms with Gasteiger partial charge in [-0.15, -0.1) is 5.10 Å². The molecule has 0 bridgehead atoms. The van der Waals surface area contributed by atoms with Crippen molar-refractivity contribution in [2.24, 2.45) is 0 Å². The maximum atomic E-state index is 10.4. The van der Waals surface area contributed by atoms with Gasteiger partial charge < -0.3 is 9.73 Å². The molecular weight excluding hydrogens is 226 g/mol. The van der Waals surface area contributed by atoms with Crippen LogP contribution in [0.3, 0.4) is 0 Å². The third-order valence-corrected chi connectivity index (χ3v) is 2.03. The molecule has 2 rings (SSSR count). The minimum Gasteiger partial charge on any atom is -0.382 e. The molecule has 2 heterocycles. The molecule has 0 aliphatic rings. The molecule has 0 amide bonds. The first-order valence-electron chi connectivity index (χ1n) is 5.11. The SMILES string of the molecule is CCCNc1cn(-c2ccc([N+](=O)[O-])o2)nn1. The summed E-state index contributed by atoms with van der Waals surface area (Å²) in [4.78, 5) is 9.85. The number of nitro groups is 1. The molecule has 0 saturated heterocycles. The molecule has 2 aromatic rings. The van der Waals surface area contributed by atoms with Gasteiger partial charge in [-0.05, 0) is 6.42 Å². The highest BCUT2D eigenvalue weighted by Crippen LogP contribution is 2.19. The maximum absolute atomic E-state index is 10.4. The summed E-state index contributed by atoms with van der Waals surface area (Å²) in [7, 11) is 0. The number of anilines is 1. The van der Waals surface area contributed by atoms with Crippen molar-refractivity contribution < 1.29 is 9.34 Å².